The number of methoxy groups -OCH3 is 1. The fourth-order valence-corrected chi connectivity index (χ4v) is 3.13. The first-order valence-electron chi connectivity index (χ1n) is 8.64. The van der Waals surface area contributed by atoms with Gasteiger partial charge >= 0.3 is 6.03 Å². The predicted octanol–water partition coefficient (Wildman–Crippen LogP) is 3.97. The van der Waals surface area contributed by atoms with Gasteiger partial charge < -0.3 is 20.7 Å². The number of amides is 3. The number of thiazole rings is 1. The van der Waals surface area contributed by atoms with Crippen LogP contribution in [0.5, 0.6) is 5.75 Å². The molecule has 1 aromatic heterocycles. The molecule has 0 saturated heterocycles. The van der Waals surface area contributed by atoms with E-state index in [0.29, 0.717) is 16.6 Å². The molecule has 0 unspecified atom stereocenters. The zero-order valence-electron chi connectivity index (χ0n) is 15.3. The molecule has 3 rings (SSSR count). The zero-order valence-corrected chi connectivity index (χ0v) is 16.1. The van der Waals surface area contributed by atoms with Crippen LogP contribution in [0.1, 0.15) is 6.42 Å². The van der Waals surface area contributed by atoms with Crippen molar-refractivity contribution in [3.05, 3.63) is 60.0 Å². The number of benzene rings is 2. The summed E-state index contributed by atoms with van der Waals surface area (Å²) in [6.45, 7) is 0.213. The van der Waals surface area contributed by atoms with Gasteiger partial charge in [-0.25, -0.2) is 9.78 Å². The van der Waals surface area contributed by atoms with Crippen molar-refractivity contribution in [3.63, 3.8) is 0 Å². The van der Waals surface area contributed by atoms with Crippen LogP contribution < -0.4 is 20.7 Å². The van der Waals surface area contributed by atoms with Crippen LogP contribution in [0, 0.1) is 0 Å². The molecule has 3 aromatic rings. The van der Waals surface area contributed by atoms with Gasteiger partial charge in [-0.15, -0.1) is 11.3 Å². The van der Waals surface area contributed by atoms with Crippen LogP contribution in [0.3, 0.4) is 0 Å². The number of nitrogens with zero attached hydrogens (tertiary/aromatic N) is 1. The van der Waals surface area contributed by atoms with Gasteiger partial charge in [0.1, 0.15) is 5.75 Å². The molecule has 144 valence electrons. The Labute approximate surface area is 166 Å². The van der Waals surface area contributed by atoms with Crippen LogP contribution in [0.25, 0.3) is 11.3 Å². The Morgan fingerprint density at radius 1 is 1.04 bits per heavy atom. The number of rotatable bonds is 7. The number of aromatic nitrogens is 1. The maximum atomic E-state index is 12.0. The summed E-state index contributed by atoms with van der Waals surface area (Å²) in [5.41, 5.74) is 2.45. The van der Waals surface area contributed by atoms with Gasteiger partial charge in [0.2, 0.25) is 5.91 Å². The Balaban J connectivity index is 1.40. The van der Waals surface area contributed by atoms with Crippen LogP contribution in [0.2, 0.25) is 0 Å². The number of anilines is 2. The minimum Gasteiger partial charge on any atom is -0.497 e. The van der Waals surface area contributed by atoms with Crippen molar-refractivity contribution in [1.29, 1.82) is 0 Å². The first-order chi connectivity index (χ1) is 13.6. The highest BCUT2D eigenvalue weighted by molar-refractivity contribution is 7.14. The van der Waals surface area contributed by atoms with E-state index >= 15 is 0 Å². The number of nitrogens with one attached hydrogen (secondary N) is 3. The Hall–Kier alpha value is -3.39. The van der Waals surface area contributed by atoms with E-state index in [2.05, 4.69) is 20.9 Å². The molecule has 1 heterocycles. The van der Waals surface area contributed by atoms with E-state index in [-0.39, 0.29) is 24.9 Å². The van der Waals surface area contributed by atoms with Crippen molar-refractivity contribution in [3.8, 4) is 17.0 Å². The Morgan fingerprint density at radius 3 is 2.50 bits per heavy atom. The molecular weight excluding hydrogens is 376 g/mol. The lowest BCUT2D eigenvalue weighted by atomic mass is 10.2. The second kappa shape index (κ2) is 9.52. The van der Waals surface area contributed by atoms with Gasteiger partial charge in [-0.2, -0.15) is 0 Å². The molecule has 28 heavy (non-hydrogen) atoms. The highest BCUT2D eigenvalue weighted by Gasteiger charge is 2.09. The summed E-state index contributed by atoms with van der Waals surface area (Å²) in [6, 6.07) is 16.3. The maximum Gasteiger partial charge on any atom is 0.319 e. The molecular formula is C20H20N4O3S. The number of urea groups is 1. The van der Waals surface area contributed by atoms with E-state index in [9.17, 15) is 9.59 Å². The summed E-state index contributed by atoms with van der Waals surface area (Å²) in [6.07, 6.45) is 0.149. The molecule has 0 fully saturated rings. The molecule has 3 amide bonds. The molecule has 0 atom stereocenters. The topological polar surface area (TPSA) is 92.4 Å². The number of hydrogen-bond acceptors (Lipinski definition) is 5. The molecule has 3 N–H and O–H groups in total. The molecule has 2 aromatic carbocycles. The molecule has 0 radical (unpaired) electrons. The predicted molar refractivity (Wildman–Crippen MR) is 111 cm³/mol. The average molecular weight is 396 g/mol. The van der Waals surface area contributed by atoms with Crippen LogP contribution in [0.15, 0.2) is 60.0 Å². The summed E-state index contributed by atoms with van der Waals surface area (Å²) >= 11 is 1.36. The summed E-state index contributed by atoms with van der Waals surface area (Å²) in [4.78, 5) is 28.3. The lowest BCUT2D eigenvalue weighted by Gasteiger charge is -2.08. The molecule has 0 spiro atoms. The summed E-state index contributed by atoms with van der Waals surface area (Å²) in [5.74, 6) is 0.499. The van der Waals surface area contributed by atoms with Gasteiger partial charge in [0, 0.05) is 29.6 Å². The lowest BCUT2D eigenvalue weighted by Crippen LogP contribution is -2.31. The number of carbonyl (C=O) groups excluding carboxylic acids is 2. The van der Waals surface area contributed by atoms with Crippen LogP contribution in [0.4, 0.5) is 15.6 Å². The Bertz CT molecular complexity index is 926. The molecule has 0 saturated carbocycles. The minimum absolute atomic E-state index is 0.149. The number of hydrogen-bond donors (Lipinski definition) is 3. The van der Waals surface area contributed by atoms with E-state index < -0.39 is 0 Å². The fraction of sp³-hybridized carbons (Fsp3) is 0.150. The van der Waals surface area contributed by atoms with Gasteiger partial charge in [0.15, 0.2) is 5.13 Å². The second-order valence-electron chi connectivity index (χ2n) is 5.81. The van der Waals surface area contributed by atoms with Gasteiger partial charge in [0.05, 0.1) is 12.8 Å². The van der Waals surface area contributed by atoms with Crippen molar-refractivity contribution in [2.75, 3.05) is 24.3 Å². The first-order valence-corrected chi connectivity index (χ1v) is 9.52. The molecule has 0 aliphatic heterocycles. The second-order valence-corrected chi connectivity index (χ2v) is 6.67. The molecule has 0 bridgehead atoms. The third kappa shape index (κ3) is 5.55. The van der Waals surface area contributed by atoms with Crippen molar-refractivity contribution >= 4 is 34.1 Å². The summed E-state index contributed by atoms with van der Waals surface area (Å²) in [7, 11) is 1.58. The van der Waals surface area contributed by atoms with Crippen molar-refractivity contribution in [2.24, 2.45) is 0 Å². The first kappa shape index (κ1) is 19.4. The third-order valence-corrected chi connectivity index (χ3v) is 4.56. The van der Waals surface area contributed by atoms with Gasteiger partial charge in [0.25, 0.3) is 0 Å². The largest absolute Gasteiger partial charge is 0.497 e. The van der Waals surface area contributed by atoms with Gasteiger partial charge in [-0.1, -0.05) is 30.3 Å². The Morgan fingerprint density at radius 2 is 1.79 bits per heavy atom. The quantitative estimate of drug-likeness (QED) is 0.563. The van der Waals surface area contributed by atoms with E-state index in [1.54, 1.807) is 31.4 Å². The third-order valence-electron chi connectivity index (χ3n) is 3.81. The molecule has 0 aliphatic rings. The van der Waals surface area contributed by atoms with E-state index in [1.165, 1.54) is 11.3 Å². The minimum atomic E-state index is -0.376. The van der Waals surface area contributed by atoms with Crippen LogP contribution in [-0.4, -0.2) is 30.6 Å². The highest BCUT2D eigenvalue weighted by atomic mass is 32.1. The summed E-state index contributed by atoms with van der Waals surface area (Å²) in [5, 5.41) is 10.5. The number of carbonyl (C=O) groups is 2. The molecule has 7 nitrogen and oxygen atoms in total. The van der Waals surface area contributed by atoms with Crippen molar-refractivity contribution in [1.82, 2.24) is 10.3 Å². The van der Waals surface area contributed by atoms with Crippen molar-refractivity contribution < 1.29 is 14.3 Å². The lowest BCUT2D eigenvalue weighted by molar-refractivity contribution is -0.116. The Kier molecular flexibility index (Phi) is 6.59. The number of ether oxygens (including phenoxy) is 1. The molecule has 0 aliphatic carbocycles. The van der Waals surface area contributed by atoms with Gasteiger partial charge in [-0.3, -0.25) is 4.79 Å². The standard InChI is InChI=1S/C20H20N4O3S/c1-27-16-9-7-15(8-10-16)22-19(26)21-12-11-18(25)24-20-23-17(13-28-20)14-5-3-2-4-6-14/h2-10,13H,11-12H2,1H3,(H2,21,22,26)(H,23,24,25). The van der Waals surface area contributed by atoms with Gasteiger partial charge in [-0.05, 0) is 24.3 Å². The fourth-order valence-electron chi connectivity index (χ4n) is 2.39. The zero-order chi connectivity index (χ0) is 19.8. The van der Waals surface area contributed by atoms with Crippen molar-refractivity contribution in [2.45, 2.75) is 6.42 Å². The average Bonchev–Trinajstić information content (AvgIpc) is 3.17. The van der Waals surface area contributed by atoms with E-state index in [1.807, 2.05) is 35.7 Å². The molecule has 8 heteroatoms. The van der Waals surface area contributed by atoms with Crippen LogP contribution in [-0.2, 0) is 4.79 Å². The van der Waals surface area contributed by atoms with Crippen LogP contribution >= 0.6 is 11.3 Å². The monoisotopic (exact) mass is 396 g/mol. The maximum absolute atomic E-state index is 12.0. The summed E-state index contributed by atoms with van der Waals surface area (Å²) < 4.78 is 5.06. The highest BCUT2D eigenvalue weighted by Crippen LogP contribution is 2.24. The smallest absolute Gasteiger partial charge is 0.319 e. The van der Waals surface area contributed by atoms with E-state index in [0.717, 1.165) is 11.3 Å². The SMILES string of the molecule is COc1ccc(NC(=O)NCCC(=O)Nc2nc(-c3ccccc3)cs2)cc1. The van der Waals surface area contributed by atoms with E-state index in [4.69, 9.17) is 4.74 Å². The normalized spacial score (nSPS) is 10.2.